The third kappa shape index (κ3) is 2.61. The van der Waals surface area contributed by atoms with E-state index in [2.05, 4.69) is 17.0 Å². The fourth-order valence-electron chi connectivity index (χ4n) is 2.31. The minimum atomic E-state index is 0.215. The largest absolute Gasteiger partial charge is 0.395 e. The summed E-state index contributed by atoms with van der Waals surface area (Å²) >= 11 is 0. The Hall–Kier alpha value is -0.900. The zero-order valence-corrected chi connectivity index (χ0v) is 9.67. The second kappa shape index (κ2) is 5.43. The minimum Gasteiger partial charge on any atom is -0.395 e. The molecule has 1 saturated heterocycles. The van der Waals surface area contributed by atoms with Crippen molar-refractivity contribution < 1.29 is 9.84 Å². The molecule has 0 saturated carbocycles. The Balaban J connectivity index is 1.98. The first-order valence-corrected chi connectivity index (χ1v) is 5.75. The average molecular weight is 221 g/mol. The summed E-state index contributed by atoms with van der Waals surface area (Å²) in [5.74, 6) is 0. The molecular formula is C13H19NO2. The molecule has 1 aliphatic heterocycles. The van der Waals surface area contributed by atoms with Crippen LogP contribution >= 0.6 is 0 Å². The SMILES string of the molecule is CO[C@@H]1C[C@@H](CO)N(Cc2ccccc2)C1. The summed E-state index contributed by atoms with van der Waals surface area (Å²) in [6.45, 7) is 2.02. The zero-order chi connectivity index (χ0) is 11.4. The van der Waals surface area contributed by atoms with Gasteiger partial charge in [0.1, 0.15) is 0 Å². The first-order chi connectivity index (χ1) is 7.83. The van der Waals surface area contributed by atoms with Gasteiger partial charge in [-0.05, 0) is 12.0 Å². The normalized spacial score (nSPS) is 26.1. The van der Waals surface area contributed by atoms with E-state index < -0.39 is 0 Å². The smallest absolute Gasteiger partial charge is 0.0714 e. The van der Waals surface area contributed by atoms with Crippen LogP contribution in [-0.2, 0) is 11.3 Å². The summed E-state index contributed by atoms with van der Waals surface area (Å²) in [6.07, 6.45) is 1.20. The van der Waals surface area contributed by atoms with E-state index in [1.165, 1.54) is 5.56 Å². The number of hydrogen-bond acceptors (Lipinski definition) is 3. The summed E-state index contributed by atoms with van der Waals surface area (Å²) in [6, 6.07) is 10.6. The van der Waals surface area contributed by atoms with Gasteiger partial charge in [0.15, 0.2) is 0 Å². The lowest BCUT2D eigenvalue weighted by Crippen LogP contribution is -2.31. The fourth-order valence-corrected chi connectivity index (χ4v) is 2.31. The Morgan fingerprint density at radius 1 is 1.38 bits per heavy atom. The summed E-state index contributed by atoms with van der Waals surface area (Å²) in [5, 5.41) is 9.33. The van der Waals surface area contributed by atoms with Gasteiger partial charge < -0.3 is 9.84 Å². The van der Waals surface area contributed by atoms with Crippen LogP contribution in [0.3, 0.4) is 0 Å². The quantitative estimate of drug-likeness (QED) is 0.831. The van der Waals surface area contributed by atoms with E-state index in [9.17, 15) is 5.11 Å². The van der Waals surface area contributed by atoms with Gasteiger partial charge in [-0.1, -0.05) is 30.3 Å². The van der Waals surface area contributed by atoms with Gasteiger partial charge in [0, 0.05) is 26.2 Å². The van der Waals surface area contributed by atoms with Crippen molar-refractivity contribution in [2.75, 3.05) is 20.3 Å². The average Bonchev–Trinajstić information content (AvgIpc) is 2.73. The molecule has 0 aliphatic carbocycles. The van der Waals surface area contributed by atoms with Crippen LogP contribution in [0.4, 0.5) is 0 Å². The molecular weight excluding hydrogens is 202 g/mol. The van der Waals surface area contributed by atoms with Crippen LogP contribution in [0.25, 0.3) is 0 Å². The van der Waals surface area contributed by atoms with Crippen molar-refractivity contribution in [3.8, 4) is 0 Å². The maximum absolute atomic E-state index is 9.33. The maximum Gasteiger partial charge on any atom is 0.0714 e. The topological polar surface area (TPSA) is 32.7 Å². The molecule has 0 amide bonds. The van der Waals surface area contributed by atoms with Crippen molar-refractivity contribution in [1.29, 1.82) is 0 Å². The first kappa shape index (κ1) is 11.6. The van der Waals surface area contributed by atoms with Gasteiger partial charge in [0.25, 0.3) is 0 Å². The van der Waals surface area contributed by atoms with Crippen LogP contribution in [0.5, 0.6) is 0 Å². The van der Waals surface area contributed by atoms with Crippen molar-refractivity contribution >= 4 is 0 Å². The van der Waals surface area contributed by atoms with Crippen LogP contribution in [-0.4, -0.2) is 42.4 Å². The monoisotopic (exact) mass is 221 g/mol. The molecule has 88 valence electrons. The van der Waals surface area contributed by atoms with Gasteiger partial charge in [-0.2, -0.15) is 0 Å². The van der Waals surface area contributed by atoms with Crippen LogP contribution in [0, 0.1) is 0 Å². The zero-order valence-electron chi connectivity index (χ0n) is 9.67. The van der Waals surface area contributed by atoms with Gasteiger partial charge in [-0.3, -0.25) is 4.90 Å². The Bertz CT molecular complexity index is 315. The Kier molecular flexibility index (Phi) is 3.93. The summed E-state index contributed by atoms with van der Waals surface area (Å²) < 4.78 is 5.36. The van der Waals surface area contributed by atoms with Gasteiger partial charge in [0.2, 0.25) is 0 Å². The molecule has 1 aromatic carbocycles. The van der Waals surface area contributed by atoms with E-state index in [1.54, 1.807) is 7.11 Å². The van der Waals surface area contributed by atoms with Crippen LogP contribution in [0.15, 0.2) is 30.3 Å². The predicted octanol–water partition coefficient (Wildman–Crippen LogP) is 1.27. The lowest BCUT2D eigenvalue weighted by Gasteiger charge is -2.22. The highest BCUT2D eigenvalue weighted by Crippen LogP contribution is 2.21. The molecule has 0 bridgehead atoms. The number of ether oxygens (including phenoxy) is 1. The van der Waals surface area contributed by atoms with Crippen LogP contribution < -0.4 is 0 Å². The van der Waals surface area contributed by atoms with E-state index in [0.717, 1.165) is 19.5 Å². The fraction of sp³-hybridized carbons (Fsp3) is 0.538. The Morgan fingerprint density at radius 3 is 2.75 bits per heavy atom. The number of benzene rings is 1. The second-order valence-electron chi connectivity index (χ2n) is 4.34. The third-order valence-corrected chi connectivity index (χ3v) is 3.26. The van der Waals surface area contributed by atoms with E-state index in [4.69, 9.17) is 4.74 Å². The van der Waals surface area contributed by atoms with Gasteiger partial charge in [-0.25, -0.2) is 0 Å². The number of nitrogens with zero attached hydrogens (tertiary/aromatic N) is 1. The molecule has 0 spiro atoms. The molecule has 0 aromatic heterocycles. The van der Waals surface area contributed by atoms with E-state index >= 15 is 0 Å². The molecule has 1 aliphatic rings. The summed E-state index contributed by atoms with van der Waals surface area (Å²) in [4.78, 5) is 2.30. The molecule has 2 atom stereocenters. The standard InChI is InChI=1S/C13H19NO2/c1-16-13-7-12(10-15)14(9-13)8-11-5-3-2-4-6-11/h2-6,12-13,15H,7-10H2,1H3/t12-,13+/m0/s1. The van der Waals surface area contributed by atoms with Crippen LogP contribution in [0.1, 0.15) is 12.0 Å². The summed E-state index contributed by atoms with van der Waals surface area (Å²) in [5.41, 5.74) is 1.29. The molecule has 1 heterocycles. The minimum absolute atomic E-state index is 0.215. The van der Waals surface area contributed by atoms with Crippen molar-refractivity contribution in [2.24, 2.45) is 0 Å². The number of aliphatic hydroxyl groups excluding tert-OH is 1. The third-order valence-electron chi connectivity index (χ3n) is 3.26. The molecule has 3 nitrogen and oxygen atoms in total. The molecule has 16 heavy (non-hydrogen) atoms. The second-order valence-corrected chi connectivity index (χ2v) is 4.34. The van der Waals surface area contributed by atoms with Crippen LogP contribution in [0.2, 0.25) is 0 Å². The van der Waals surface area contributed by atoms with E-state index in [1.807, 2.05) is 18.2 Å². The number of aliphatic hydroxyl groups is 1. The lowest BCUT2D eigenvalue weighted by atomic mass is 10.2. The summed E-state index contributed by atoms with van der Waals surface area (Å²) in [7, 11) is 1.74. The Labute approximate surface area is 96.6 Å². The molecule has 1 aromatic rings. The number of likely N-dealkylation sites (tertiary alicyclic amines) is 1. The number of rotatable bonds is 4. The van der Waals surface area contributed by atoms with Crippen molar-refractivity contribution in [3.63, 3.8) is 0 Å². The van der Waals surface area contributed by atoms with Gasteiger partial charge in [0.05, 0.1) is 12.7 Å². The molecule has 1 fully saturated rings. The molecule has 2 rings (SSSR count). The van der Waals surface area contributed by atoms with E-state index in [-0.39, 0.29) is 18.8 Å². The highest BCUT2D eigenvalue weighted by atomic mass is 16.5. The van der Waals surface area contributed by atoms with Gasteiger partial charge in [-0.15, -0.1) is 0 Å². The van der Waals surface area contributed by atoms with Gasteiger partial charge >= 0.3 is 0 Å². The highest BCUT2D eigenvalue weighted by Gasteiger charge is 2.31. The van der Waals surface area contributed by atoms with Crippen molar-refractivity contribution in [3.05, 3.63) is 35.9 Å². The molecule has 1 N–H and O–H groups in total. The number of hydrogen-bond donors (Lipinski definition) is 1. The number of methoxy groups -OCH3 is 1. The highest BCUT2D eigenvalue weighted by molar-refractivity contribution is 5.15. The molecule has 0 unspecified atom stereocenters. The lowest BCUT2D eigenvalue weighted by molar-refractivity contribution is 0.107. The van der Waals surface area contributed by atoms with Crippen molar-refractivity contribution in [1.82, 2.24) is 4.90 Å². The Morgan fingerprint density at radius 2 is 2.12 bits per heavy atom. The molecule has 3 heteroatoms. The predicted molar refractivity (Wildman–Crippen MR) is 63.1 cm³/mol. The molecule has 0 radical (unpaired) electrons. The van der Waals surface area contributed by atoms with Crippen molar-refractivity contribution in [2.45, 2.75) is 25.1 Å². The maximum atomic E-state index is 9.33. The first-order valence-electron chi connectivity index (χ1n) is 5.75. The van der Waals surface area contributed by atoms with E-state index in [0.29, 0.717) is 0 Å².